The minimum absolute atomic E-state index is 0.433. The Morgan fingerprint density at radius 2 is 0.722 bits per heavy atom. The van der Waals surface area contributed by atoms with Gasteiger partial charge >= 0.3 is 0 Å². The highest BCUT2D eigenvalue weighted by Gasteiger charge is 2.11. The molecule has 0 spiro atoms. The summed E-state index contributed by atoms with van der Waals surface area (Å²) in [5, 5.41) is 9.81. The van der Waals surface area contributed by atoms with E-state index in [-0.39, 0.29) is 0 Å². The first-order chi connectivity index (χ1) is 26.5. The molecule has 54 heavy (non-hydrogen) atoms. The Balaban J connectivity index is 1.03. The van der Waals surface area contributed by atoms with Crippen molar-refractivity contribution in [1.82, 2.24) is 9.97 Å². The number of carbonyl (C=O) groups is 2. The summed E-state index contributed by atoms with van der Waals surface area (Å²) in [5.41, 5.74) is 12.2. The van der Waals surface area contributed by atoms with E-state index in [2.05, 4.69) is 95.2 Å². The Kier molecular flexibility index (Phi) is 10.5. The van der Waals surface area contributed by atoms with Crippen molar-refractivity contribution in [2.24, 2.45) is 10.2 Å². The van der Waals surface area contributed by atoms with Crippen LogP contribution in [0.1, 0.15) is 78.3 Å². The molecule has 0 atom stereocenters. The smallest absolute Gasteiger partial charge is 0.265 e. The van der Waals surface area contributed by atoms with Gasteiger partial charge in [-0.15, -0.1) is 10.2 Å². The molecule has 0 fully saturated rings. The van der Waals surface area contributed by atoms with Gasteiger partial charge in [0.2, 0.25) is 0 Å². The van der Waals surface area contributed by atoms with Crippen molar-refractivity contribution in [1.29, 1.82) is 0 Å². The number of aryl methyl sites for hydroxylation is 8. The largest absolute Gasteiger partial charge is 0.295 e. The van der Waals surface area contributed by atoms with Crippen LogP contribution in [0, 0.1) is 0 Å². The number of azo groups is 1. The van der Waals surface area contributed by atoms with Gasteiger partial charge in [-0.05, 0) is 134 Å². The lowest BCUT2D eigenvalue weighted by atomic mass is 10.00. The highest BCUT2D eigenvalue weighted by Crippen LogP contribution is 2.25. The summed E-state index contributed by atoms with van der Waals surface area (Å²) < 4.78 is 0. The molecule has 0 N–H and O–H groups in total. The molecule has 10 rings (SSSR count). The van der Waals surface area contributed by atoms with Crippen LogP contribution in [0.2, 0.25) is 0 Å². The molecule has 0 unspecified atom stereocenters. The second-order valence-electron chi connectivity index (χ2n) is 14.4. The quantitative estimate of drug-likeness (QED) is 0.147. The fraction of sp³-hybridized carbons (Fsp3) is 0.208. The van der Waals surface area contributed by atoms with E-state index >= 15 is 0 Å². The number of pyridine rings is 2. The Labute approximate surface area is 316 Å². The summed E-state index contributed by atoms with van der Waals surface area (Å²) in [7, 11) is 0. The number of fused-ring (bicyclic) bond motifs is 2. The van der Waals surface area contributed by atoms with Crippen molar-refractivity contribution in [3.05, 3.63) is 189 Å². The van der Waals surface area contributed by atoms with Crippen LogP contribution in [0.25, 0.3) is 21.8 Å². The third-order valence-electron chi connectivity index (χ3n) is 10.5. The van der Waals surface area contributed by atoms with Crippen molar-refractivity contribution in [2.75, 3.05) is 0 Å². The van der Waals surface area contributed by atoms with Gasteiger partial charge in [-0.25, -0.2) is 0 Å². The van der Waals surface area contributed by atoms with Gasteiger partial charge in [0, 0.05) is 33.3 Å². The van der Waals surface area contributed by atoms with Gasteiger partial charge in [-0.1, -0.05) is 97.1 Å². The van der Waals surface area contributed by atoms with Crippen LogP contribution in [0.5, 0.6) is 0 Å². The summed E-state index contributed by atoms with van der Waals surface area (Å²) in [6, 6.07) is 45.6. The first-order valence-electron chi connectivity index (χ1n) is 19.0. The first-order valence-corrected chi connectivity index (χ1v) is 19.0. The minimum atomic E-state index is -0.516. The minimum Gasteiger partial charge on any atom is -0.265 e. The third kappa shape index (κ3) is 8.56. The number of amides is 2. The van der Waals surface area contributed by atoms with Gasteiger partial charge in [0.25, 0.3) is 11.8 Å². The topological polar surface area (TPSA) is 84.6 Å². The molecule has 5 heterocycles. The summed E-state index contributed by atoms with van der Waals surface area (Å²) in [5.74, 6) is -1.03. The molecule has 0 saturated carbocycles. The van der Waals surface area contributed by atoms with Crippen LogP contribution in [0.3, 0.4) is 0 Å². The van der Waals surface area contributed by atoms with Gasteiger partial charge < -0.3 is 0 Å². The maximum absolute atomic E-state index is 12.9. The van der Waals surface area contributed by atoms with Gasteiger partial charge in [0.15, 0.2) is 0 Å². The first kappa shape index (κ1) is 34.9. The van der Waals surface area contributed by atoms with Crippen LogP contribution in [-0.4, -0.2) is 21.8 Å². The van der Waals surface area contributed by atoms with Crippen LogP contribution in [0.4, 0.5) is 0 Å². The summed E-state index contributed by atoms with van der Waals surface area (Å²) in [6.45, 7) is 0. The van der Waals surface area contributed by atoms with E-state index < -0.39 is 11.8 Å². The van der Waals surface area contributed by atoms with Crippen molar-refractivity contribution in [3.63, 3.8) is 0 Å². The highest BCUT2D eigenvalue weighted by atomic mass is 16.2. The predicted octanol–water partition coefficient (Wildman–Crippen LogP) is 10.5. The molecule has 2 amide bonds. The molecule has 0 radical (unpaired) electrons. The monoisotopic (exact) mass is 706 g/mol. The van der Waals surface area contributed by atoms with Crippen molar-refractivity contribution < 1.29 is 9.59 Å². The lowest BCUT2D eigenvalue weighted by Crippen LogP contribution is -2.00. The second-order valence-corrected chi connectivity index (χ2v) is 14.4. The van der Waals surface area contributed by atoms with Gasteiger partial charge in [-0.2, -0.15) is 0 Å². The van der Waals surface area contributed by atoms with Crippen LogP contribution >= 0.6 is 0 Å². The van der Waals surface area contributed by atoms with Crippen molar-refractivity contribution >= 4 is 33.6 Å². The zero-order chi connectivity index (χ0) is 36.7. The Hall–Kier alpha value is -6.14. The zero-order valence-electron chi connectivity index (χ0n) is 30.4. The Morgan fingerprint density at radius 1 is 0.352 bits per heavy atom. The number of rotatable bonds is 0. The molecule has 3 aliphatic rings. The van der Waals surface area contributed by atoms with E-state index in [1.165, 1.54) is 22.3 Å². The fourth-order valence-electron chi connectivity index (χ4n) is 7.34. The molecule has 3 aliphatic heterocycles. The van der Waals surface area contributed by atoms with Crippen molar-refractivity contribution in [2.45, 2.75) is 64.2 Å². The van der Waals surface area contributed by atoms with E-state index in [9.17, 15) is 9.59 Å². The van der Waals surface area contributed by atoms with Gasteiger partial charge in [0.05, 0.1) is 11.0 Å². The average molecular weight is 707 g/mol. The molecular weight excluding hydrogens is 665 g/mol. The molecule has 5 aromatic carbocycles. The molecule has 2 aromatic heterocycles. The van der Waals surface area contributed by atoms with Crippen LogP contribution < -0.4 is 0 Å². The highest BCUT2D eigenvalue weighted by molar-refractivity contribution is 6.02. The zero-order valence-corrected chi connectivity index (χ0v) is 30.4. The predicted molar refractivity (Wildman–Crippen MR) is 215 cm³/mol. The number of aromatic nitrogens is 2. The average Bonchev–Trinajstić information content (AvgIpc) is 3.22. The molecule has 0 saturated heterocycles. The van der Waals surface area contributed by atoms with E-state index in [4.69, 9.17) is 9.97 Å². The Bertz CT molecular complexity index is 2310. The summed E-state index contributed by atoms with van der Waals surface area (Å²) in [6.07, 6.45) is 8.97. The standard InChI is InChI=1S/C48H42N4O2/c53-47-41-11-3-9-37(31-41)7-1-5-33-13-17-35(18-14-33)21-27-43-29-25-39-23-24-40-26-30-44(50-46(40)45(39)49-43)28-22-36-19-15-34(16-20-36)6-2-8-38-10-4-12-42(32-38)48(54)52-51-47/h3-4,9-20,23-26,29-32H,1-2,5-8,21-22,27-28H2. The van der Waals surface area contributed by atoms with E-state index in [0.717, 1.165) is 109 Å². The van der Waals surface area contributed by atoms with Crippen molar-refractivity contribution in [3.8, 4) is 0 Å². The number of hydrogen-bond donors (Lipinski definition) is 0. The van der Waals surface area contributed by atoms with Gasteiger partial charge in [-0.3, -0.25) is 19.6 Å². The molecule has 6 heteroatoms. The number of hydrogen-bond acceptors (Lipinski definition) is 4. The normalized spacial score (nSPS) is 14.7. The maximum Gasteiger partial charge on any atom is 0.295 e. The van der Waals surface area contributed by atoms with E-state index in [1.807, 2.05) is 36.4 Å². The molecule has 266 valence electrons. The SMILES string of the molecule is O=C1N=NC(=O)c2cccc(c2)CCCc2ccc(cc2)CCc2ccc3ccc4ccc(nc4c3n2)CCc2ccc(cc2)CCCc2cccc1c2. The molecule has 6 nitrogen and oxygen atoms in total. The molecule has 12 bridgehead atoms. The Morgan fingerprint density at radius 3 is 1.15 bits per heavy atom. The maximum atomic E-state index is 12.9. The third-order valence-corrected chi connectivity index (χ3v) is 10.5. The van der Waals surface area contributed by atoms with E-state index in [0.29, 0.717) is 11.1 Å². The lowest BCUT2D eigenvalue weighted by Gasteiger charge is -2.09. The number of benzene rings is 5. The van der Waals surface area contributed by atoms with Gasteiger partial charge in [0.1, 0.15) is 0 Å². The molecule has 0 aliphatic carbocycles. The van der Waals surface area contributed by atoms with Crippen LogP contribution in [-0.2, 0) is 51.4 Å². The molecular formula is C48H42N4O2. The summed E-state index contributed by atoms with van der Waals surface area (Å²) >= 11 is 0. The second kappa shape index (κ2) is 16.3. The molecule has 7 aromatic rings. The summed E-state index contributed by atoms with van der Waals surface area (Å²) in [4.78, 5) is 36.1. The fourth-order valence-corrected chi connectivity index (χ4v) is 7.34. The van der Waals surface area contributed by atoms with Crippen LogP contribution in [0.15, 0.2) is 144 Å². The number of nitrogens with zero attached hydrogens (tertiary/aromatic N) is 4. The number of carbonyl (C=O) groups excluding carboxylic acids is 2. The lowest BCUT2D eigenvalue weighted by molar-refractivity contribution is 0.0946. The van der Waals surface area contributed by atoms with E-state index in [1.54, 1.807) is 12.1 Å².